The van der Waals surface area contributed by atoms with Gasteiger partial charge in [-0.05, 0) is 33.6 Å². The molecule has 0 aromatic heterocycles. The van der Waals surface area contributed by atoms with Crippen LogP contribution >= 0.6 is 11.9 Å². The molecule has 5 nitrogen and oxygen atoms in total. The van der Waals surface area contributed by atoms with E-state index in [1.165, 1.54) is 0 Å². The summed E-state index contributed by atoms with van der Waals surface area (Å²) in [6, 6.07) is 4.06. The molecular weight excluding hydrogens is 228 g/mol. The van der Waals surface area contributed by atoms with Crippen LogP contribution in [0.1, 0.15) is 33.6 Å². The Morgan fingerprint density at radius 3 is 2.25 bits per heavy atom. The van der Waals surface area contributed by atoms with E-state index in [-0.39, 0.29) is 0 Å². The lowest BCUT2D eigenvalue weighted by atomic mass is 9.99. The number of azo groups is 1. The Balaban J connectivity index is 4.51. The lowest BCUT2D eigenvalue weighted by molar-refractivity contribution is 0.320. The SMILES string of the molecule is CC(C)(C#N)/N=N/C(C)(C#N)CCCOCl. The highest BCUT2D eigenvalue weighted by Crippen LogP contribution is 2.20. The van der Waals surface area contributed by atoms with Crippen LogP contribution in [0.25, 0.3) is 0 Å². The topological polar surface area (TPSA) is 81.5 Å². The Kier molecular flexibility index (Phi) is 5.95. The van der Waals surface area contributed by atoms with Crippen LogP contribution in [-0.4, -0.2) is 17.7 Å². The Hall–Kier alpha value is -1.17. The first-order valence-corrected chi connectivity index (χ1v) is 5.20. The van der Waals surface area contributed by atoms with Crippen molar-refractivity contribution in [1.82, 2.24) is 0 Å². The molecule has 0 aliphatic carbocycles. The van der Waals surface area contributed by atoms with Gasteiger partial charge in [-0.3, -0.25) is 4.29 Å². The maximum absolute atomic E-state index is 8.99. The van der Waals surface area contributed by atoms with Crippen molar-refractivity contribution in [1.29, 1.82) is 10.5 Å². The molecule has 0 heterocycles. The molecule has 88 valence electrons. The molecule has 0 saturated carbocycles. The van der Waals surface area contributed by atoms with Crippen LogP contribution in [0.15, 0.2) is 10.2 Å². The van der Waals surface area contributed by atoms with E-state index in [1.807, 2.05) is 6.07 Å². The average Bonchev–Trinajstić information content (AvgIpc) is 2.27. The Morgan fingerprint density at radius 1 is 1.19 bits per heavy atom. The normalized spacial score (nSPS) is 15.4. The van der Waals surface area contributed by atoms with Gasteiger partial charge >= 0.3 is 0 Å². The fourth-order valence-corrected chi connectivity index (χ4v) is 0.966. The summed E-state index contributed by atoms with van der Waals surface area (Å²) in [7, 11) is 0. The first kappa shape index (κ1) is 14.8. The van der Waals surface area contributed by atoms with Crippen LogP contribution in [0.5, 0.6) is 0 Å². The maximum Gasteiger partial charge on any atom is 0.164 e. The van der Waals surface area contributed by atoms with Gasteiger partial charge in [-0.2, -0.15) is 20.8 Å². The van der Waals surface area contributed by atoms with Gasteiger partial charge in [-0.25, -0.2) is 0 Å². The number of nitrogens with zero attached hydrogens (tertiary/aromatic N) is 4. The van der Waals surface area contributed by atoms with Crippen LogP contribution in [0.3, 0.4) is 0 Å². The minimum Gasteiger partial charge on any atom is -0.279 e. The zero-order valence-electron chi connectivity index (χ0n) is 9.70. The molecular formula is C10H15ClN4O. The van der Waals surface area contributed by atoms with E-state index >= 15 is 0 Å². The highest BCUT2D eigenvalue weighted by atomic mass is 35.5. The smallest absolute Gasteiger partial charge is 0.164 e. The summed E-state index contributed by atoms with van der Waals surface area (Å²) in [5.74, 6) is 0. The second-order valence-electron chi connectivity index (χ2n) is 4.17. The second-order valence-corrected chi connectivity index (χ2v) is 4.39. The molecule has 1 atom stereocenters. The molecule has 0 bridgehead atoms. The highest BCUT2D eigenvalue weighted by molar-refractivity contribution is 6.07. The minimum atomic E-state index is -0.927. The molecule has 0 aliphatic rings. The van der Waals surface area contributed by atoms with Crippen LogP contribution in [0.2, 0.25) is 0 Å². The molecule has 0 saturated heterocycles. The van der Waals surface area contributed by atoms with E-state index < -0.39 is 11.1 Å². The van der Waals surface area contributed by atoms with Crippen molar-refractivity contribution in [3.63, 3.8) is 0 Å². The van der Waals surface area contributed by atoms with Crippen molar-refractivity contribution in [2.45, 2.75) is 44.7 Å². The summed E-state index contributed by atoms with van der Waals surface area (Å²) in [6.45, 7) is 5.29. The lowest BCUT2D eigenvalue weighted by Crippen LogP contribution is -2.22. The number of hydrogen-bond acceptors (Lipinski definition) is 5. The molecule has 1 unspecified atom stereocenters. The first-order valence-electron chi connectivity index (χ1n) is 4.89. The highest BCUT2D eigenvalue weighted by Gasteiger charge is 2.25. The predicted molar refractivity (Wildman–Crippen MR) is 59.6 cm³/mol. The zero-order valence-corrected chi connectivity index (χ0v) is 10.5. The third-order valence-corrected chi connectivity index (χ3v) is 2.07. The molecule has 6 heteroatoms. The molecule has 0 aliphatic heterocycles. The molecule has 0 rings (SSSR count). The molecule has 0 aromatic rings. The second kappa shape index (κ2) is 6.42. The van der Waals surface area contributed by atoms with Crippen molar-refractivity contribution in [3.05, 3.63) is 0 Å². The molecule has 0 amide bonds. The van der Waals surface area contributed by atoms with Crippen molar-refractivity contribution < 1.29 is 4.29 Å². The van der Waals surface area contributed by atoms with Gasteiger partial charge in [0.15, 0.2) is 11.1 Å². The lowest BCUT2D eigenvalue weighted by Gasteiger charge is -2.16. The zero-order chi connectivity index (χ0) is 12.7. The van der Waals surface area contributed by atoms with Gasteiger partial charge in [0.1, 0.15) is 0 Å². The largest absolute Gasteiger partial charge is 0.279 e. The van der Waals surface area contributed by atoms with Gasteiger partial charge in [0.05, 0.1) is 30.6 Å². The Bertz CT molecular complexity index is 329. The molecule has 0 radical (unpaired) electrons. The van der Waals surface area contributed by atoms with E-state index in [0.29, 0.717) is 19.4 Å². The van der Waals surface area contributed by atoms with Crippen molar-refractivity contribution >= 4 is 11.9 Å². The summed E-state index contributed by atoms with van der Waals surface area (Å²) in [5, 5.41) is 25.5. The summed E-state index contributed by atoms with van der Waals surface area (Å²) in [5.41, 5.74) is -1.83. The first-order chi connectivity index (χ1) is 7.39. The summed E-state index contributed by atoms with van der Waals surface area (Å²) in [4.78, 5) is 0. The number of nitriles is 2. The van der Waals surface area contributed by atoms with Crippen molar-refractivity contribution in [2.75, 3.05) is 6.61 Å². The van der Waals surface area contributed by atoms with E-state index in [1.54, 1.807) is 20.8 Å². The van der Waals surface area contributed by atoms with Crippen LogP contribution in [0, 0.1) is 22.7 Å². The molecule has 0 spiro atoms. The van der Waals surface area contributed by atoms with E-state index in [2.05, 4.69) is 20.6 Å². The summed E-state index contributed by atoms with van der Waals surface area (Å²) >= 11 is 5.07. The summed E-state index contributed by atoms with van der Waals surface area (Å²) in [6.07, 6.45) is 1.10. The number of halogens is 1. The van der Waals surface area contributed by atoms with E-state index in [9.17, 15) is 0 Å². The average molecular weight is 243 g/mol. The van der Waals surface area contributed by atoms with Gasteiger partial charge in [-0.15, -0.1) is 0 Å². The fraction of sp³-hybridized carbons (Fsp3) is 0.800. The molecule has 0 fully saturated rings. The Morgan fingerprint density at radius 2 is 1.81 bits per heavy atom. The van der Waals surface area contributed by atoms with Crippen LogP contribution in [-0.2, 0) is 4.29 Å². The Labute approximate surface area is 101 Å². The minimum absolute atomic E-state index is 0.357. The summed E-state index contributed by atoms with van der Waals surface area (Å²) < 4.78 is 4.39. The van der Waals surface area contributed by atoms with Crippen molar-refractivity contribution in [3.8, 4) is 12.1 Å². The fourth-order valence-electron chi connectivity index (χ4n) is 0.857. The number of rotatable bonds is 6. The number of hydrogen-bond donors (Lipinski definition) is 0. The van der Waals surface area contributed by atoms with E-state index in [4.69, 9.17) is 22.4 Å². The van der Waals surface area contributed by atoms with Gasteiger partial charge in [0.2, 0.25) is 0 Å². The maximum atomic E-state index is 8.99. The predicted octanol–water partition coefficient (Wildman–Crippen LogP) is 2.97. The monoisotopic (exact) mass is 242 g/mol. The van der Waals surface area contributed by atoms with Crippen LogP contribution in [0.4, 0.5) is 0 Å². The van der Waals surface area contributed by atoms with Gasteiger partial charge in [0, 0.05) is 0 Å². The van der Waals surface area contributed by atoms with Gasteiger partial charge < -0.3 is 0 Å². The van der Waals surface area contributed by atoms with Crippen LogP contribution < -0.4 is 0 Å². The molecule has 16 heavy (non-hydrogen) atoms. The van der Waals surface area contributed by atoms with Crippen molar-refractivity contribution in [2.24, 2.45) is 10.2 Å². The van der Waals surface area contributed by atoms with Gasteiger partial charge in [0.25, 0.3) is 0 Å². The molecule has 0 aromatic carbocycles. The van der Waals surface area contributed by atoms with Gasteiger partial charge in [-0.1, -0.05) is 0 Å². The van der Waals surface area contributed by atoms with E-state index in [0.717, 1.165) is 0 Å². The quantitative estimate of drug-likeness (QED) is 0.530. The third kappa shape index (κ3) is 5.65. The standard InChI is InChI=1S/C10H15ClN4O/c1-9(2,7-12)14-15-10(3,8-13)5-4-6-16-11/h4-6H2,1-3H3/b15-14+. The third-order valence-electron chi connectivity index (χ3n) is 1.92. The molecule has 0 N–H and O–H groups in total.